The number of rotatable bonds is 0. The van der Waals surface area contributed by atoms with E-state index in [-0.39, 0.29) is 35.6 Å². The molecule has 0 aromatic carbocycles. The Morgan fingerprint density at radius 3 is 1.80 bits per heavy atom. The van der Waals surface area contributed by atoms with Gasteiger partial charge in [0.1, 0.15) is 0 Å². The topological polar surface area (TPSA) is 63.3 Å². The molecule has 3 N–H and O–H groups in total. The molecule has 0 fully saturated rings. The molecule has 0 unspecified atom stereocenters. The fourth-order valence-electron chi connectivity index (χ4n) is 0. The zero-order valence-corrected chi connectivity index (χ0v) is 6.14. The number of nitrogens with two attached hydrogens (primary N) is 1. The zero-order chi connectivity index (χ0) is 3.58. The fourth-order valence-corrected chi connectivity index (χ4v) is 0. The standard InChI is InChI=1S/CH3NO2.La/c2-1(3)4;/h2H2,(H,3,4);. The van der Waals surface area contributed by atoms with Crippen LogP contribution in [-0.2, 0) is 0 Å². The van der Waals surface area contributed by atoms with E-state index in [9.17, 15) is 0 Å². The molecule has 0 saturated heterocycles. The molecule has 0 aliphatic carbocycles. The van der Waals surface area contributed by atoms with Crippen molar-refractivity contribution >= 4 is 6.09 Å². The third kappa shape index (κ3) is 126. The van der Waals surface area contributed by atoms with Gasteiger partial charge in [0.15, 0.2) is 0 Å². The summed E-state index contributed by atoms with van der Waals surface area (Å²) in [5.41, 5.74) is 4.03. The van der Waals surface area contributed by atoms with Crippen molar-refractivity contribution < 1.29 is 45.5 Å². The second-order valence-electron chi connectivity index (χ2n) is 0.338. The van der Waals surface area contributed by atoms with Crippen LogP contribution in [0.5, 0.6) is 0 Å². The van der Waals surface area contributed by atoms with E-state index in [4.69, 9.17) is 9.90 Å². The smallest absolute Gasteiger partial charge is 0.402 e. The van der Waals surface area contributed by atoms with Crippen molar-refractivity contribution in [3.63, 3.8) is 0 Å². The first-order valence-corrected chi connectivity index (χ1v) is 0.716. The summed E-state index contributed by atoms with van der Waals surface area (Å²) in [6.07, 6.45) is -1.33. The maximum atomic E-state index is 8.78. The van der Waals surface area contributed by atoms with Gasteiger partial charge in [-0.05, 0) is 0 Å². The van der Waals surface area contributed by atoms with Crippen LogP contribution >= 0.6 is 0 Å². The first kappa shape index (κ1) is 9.07. The Morgan fingerprint density at radius 2 is 1.80 bits per heavy atom. The summed E-state index contributed by atoms with van der Waals surface area (Å²) in [7, 11) is 0. The number of hydrogen-bond donors (Lipinski definition) is 2. The van der Waals surface area contributed by atoms with E-state index in [0.717, 1.165) is 0 Å². The first-order valence-electron chi connectivity index (χ1n) is 0.716. The maximum Gasteiger partial charge on any atom is 0.402 e. The molecular weight excluding hydrogens is 197 g/mol. The van der Waals surface area contributed by atoms with E-state index in [0.29, 0.717) is 0 Å². The van der Waals surface area contributed by atoms with Gasteiger partial charge in [0.2, 0.25) is 0 Å². The minimum Gasteiger partial charge on any atom is -0.465 e. The summed E-state index contributed by atoms with van der Waals surface area (Å²) < 4.78 is 0. The minimum atomic E-state index is -1.33. The largest absolute Gasteiger partial charge is 0.465 e. The molecule has 0 heterocycles. The van der Waals surface area contributed by atoms with Crippen LogP contribution in [0.1, 0.15) is 0 Å². The van der Waals surface area contributed by atoms with Gasteiger partial charge in [0, 0.05) is 35.6 Å². The van der Waals surface area contributed by atoms with Crippen molar-refractivity contribution in [2.75, 3.05) is 0 Å². The monoisotopic (exact) mass is 200 g/mol. The average molecular weight is 200 g/mol. The third-order valence-electron chi connectivity index (χ3n) is 0. The number of hydrogen-bond acceptors (Lipinski definition) is 1. The van der Waals surface area contributed by atoms with E-state index in [2.05, 4.69) is 5.73 Å². The molecule has 5 heavy (non-hydrogen) atoms. The van der Waals surface area contributed by atoms with Crippen molar-refractivity contribution in [1.82, 2.24) is 0 Å². The van der Waals surface area contributed by atoms with Gasteiger partial charge in [0.05, 0.1) is 0 Å². The SMILES string of the molecule is NC(=O)O.[La]. The van der Waals surface area contributed by atoms with Crippen LogP contribution in [0, 0.1) is 35.6 Å². The van der Waals surface area contributed by atoms with Gasteiger partial charge in [-0.3, -0.25) is 0 Å². The van der Waals surface area contributed by atoms with E-state index in [1.54, 1.807) is 0 Å². The number of carboxylic acid groups (broad SMARTS) is 1. The Hall–Kier alpha value is 0.465. The van der Waals surface area contributed by atoms with Crippen LogP contribution in [-0.4, -0.2) is 11.2 Å². The molecule has 3 nitrogen and oxygen atoms in total. The van der Waals surface area contributed by atoms with Gasteiger partial charge < -0.3 is 10.8 Å². The van der Waals surface area contributed by atoms with Crippen LogP contribution in [0.3, 0.4) is 0 Å². The zero-order valence-electron chi connectivity index (χ0n) is 2.51. The van der Waals surface area contributed by atoms with Crippen molar-refractivity contribution in [2.45, 2.75) is 0 Å². The second-order valence-corrected chi connectivity index (χ2v) is 0.338. The third-order valence-corrected chi connectivity index (χ3v) is 0. The van der Waals surface area contributed by atoms with Crippen molar-refractivity contribution in [1.29, 1.82) is 0 Å². The van der Waals surface area contributed by atoms with Gasteiger partial charge in [0.25, 0.3) is 0 Å². The Balaban J connectivity index is 0. The molecule has 0 saturated carbocycles. The van der Waals surface area contributed by atoms with E-state index in [1.165, 1.54) is 0 Å². The van der Waals surface area contributed by atoms with E-state index >= 15 is 0 Å². The molecule has 4 heteroatoms. The van der Waals surface area contributed by atoms with Crippen LogP contribution in [0.15, 0.2) is 0 Å². The predicted molar refractivity (Wildman–Crippen MR) is 12.2 cm³/mol. The normalized spacial score (nSPS) is 4.80. The Labute approximate surface area is 57.1 Å². The van der Waals surface area contributed by atoms with Crippen molar-refractivity contribution in [2.24, 2.45) is 5.73 Å². The Bertz CT molecular complexity index is 32.6. The molecule has 0 bridgehead atoms. The van der Waals surface area contributed by atoms with Gasteiger partial charge in [-0.1, -0.05) is 0 Å². The summed E-state index contributed by atoms with van der Waals surface area (Å²) in [6, 6.07) is 0. The van der Waals surface area contributed by atoms with Gasteiger partial charge in [-0.15, -0.1) is 0 Å². The van der Waals surface area contributed by atoms with Gasteiger partial charge in [-0.25, -0.2) is 4.79 Å². The molecular formula is CH3LaNO2. The summed E-state index contributed by atoms with van der Waals surface area (Å²) in [6.45, 7) is 0. The van der Waals surface area contributed by atoms with Crippen LogP contribution in [0.2, 0.25) is 0 Å². The van der Waals surface area contributed by atoms with Gasteiger partial charge in [-0.2, -0.15) is 0 Å². The molecule has 1 radical (unpaired) electrons. The quantitative estimate of drug-likeness (QED) is 0.559. The van der Waals surface area contributed by atoms with Gasteiger partial charge >= 0.3 is 6.09 Å². The average Bonchev–Trinajstić information content (AvgIpc) is 0.811. The van der Waals surface area contributed by atoms with Crippen LogP contribution in [0.25, 0.3) is 0 Å². The molecule has 0 spiro atoms. The molecule has 0 aromatic heterocycles. The Morgan fingerprint density at radius 1 is 1.80 bits per heavy atom. The van der Waals surface area contributed by atoms with Crippen molar-refractivity contribution in [3.05, 3.63) is 0 Å². The van der Waals surface area contributed by atoms with Crippen LogP contribution < -0.4 is 5.73 Å². The first-order chi connectivity index (χ1) is 1.73. The number of amides is 1. The molecule has 0 aromatic rings. The second kappa shape index (κ2) is 4.46. The molecule has 0 aliphatic heterocycles. The predicted octanol–water partition coefficient (Wildman–Crippen LogP) is -0.377. The van der Waals surface area contributed by atoms with E-state index in [1.807, 2.05) is 0 Å². The summed E-state index contributed by atoms with van der Waals surface area (Å²) in [5, 5.41) is 7.19. The number of primary amides is 1. The fraction of sp³-hybridized carbons (Fsp3) is 0. The summed E-state index contributed by atoms with van der Waals surface area (Å²) >= 11 is 0. The molecule has 0 rings (SSSR count). The minimum absolute atomic E-state index is 0. The Kier molecular flexibility index (Phi) is 8.10. The number of carbonyl (C=O) groups is 1. The van der Waals surface area contributed by atoms with Crippen LogP contribution in [0.4, 0.5) is 4.79 Å². The molecule has 27 valence electrons. The molecule has 0 aliphatic rings. The summed E-state index contributed by atoms with van der Waals surface area (Å²) in [4.78, 5) is 8.78. The molecule has 0 atom stereocenters. The van der Waals surface area contributed by atoms with E-state index < -0.39 is 6.09 Å². The summed E-state index contributed by atoms with van der Waals surface area (Å²) in [5.74, 6) is 0. The maximum absolute atomic E-state index is 8.78. The van der Waals surface area contributed by atoms with Crippen molar-refractivity contribution in [3.8, 4) is 0 Å². The molecule has 1 amide bonds.